The van der Waals surface area contributed by atoms with Crippen LogP contribution in [0.2, 0.25) is 0 Å². The Hall–Kier alpha value is -4.19. The summed E-state index contributed by atoms with van der Waals surface area (Å²) < 4.78 is 1.71. The van der Waals surface area contributed by atoms with Gasteiger partial charge in [0.05, 0.1) is 19.3 Å². The lowest BCUT2D eigenvalue weighted by Crippen LogP contribution is -2.33. The highest BCUT2D eigenvalue weighted by Crippen LogP contribution is 2.19. The van der Waals surface area contributed by atoms with E-state index in [-0.39, 0.29) is 18.4 Å². The lowest BCUT2D eigenvalue weighted by molar-refractivity contribution is -0.115. The molecule has 3 aromatic carbocycles. The lowest BCUT2D eigenvalue weighted by Gasteiger charge is -2.10. The van der Waals surface area contributed by atoms with Crippen molar-refractivity contribution < 1.29 is 9.59 Å². The van der Waals surface area contributed by atoms with Crippen molar-refractivity contribution in [3.63, 3.8) is 0 Å². The number of rotatable bonds is 7. The third kappa shape index (κ3) is 5.25. The smallest absolute Gasteiger partial charge is 0.251 e. The van der Waals surface area contributed by atoms with E-state index in [2.05, 4.69) is 15.7 Å². The molecule has 0 spiro atoms. The molecule has 4 aromatic rings. The topological polar surface area (TPSA) is 76.0 Å². The van der Waals surface area contributed by atoms with Gasteiger partial charge in [0.15, 0.2) is 0 Å². The molecule has 0 bridgehead atoms. The molecule has 0 fully saturated rings. The molecule has 0 radical (unpaired) electrons. The Balaban J connectivity index is 1.31. The van der Waals surface area contributed by atoms with Gasteiger partial charge in [0.25, 0.3) is 5.91 Å². The van der Waals surface area contributed by atoms with E-state index in [4.69, 9.17) is 0 Å². The van der Waals surface area contributed by atoms with Gasteiger partial charge in [-0.05, 0) is 28.8 Å². The van der Waals surface area contributed by atoms with Crippen molar-refractivity contribution in [3.8, 4) is 11.1 Å². The minimum absolute atomic E-state index is 0.129. The van der Waals surface area contributed by atoms with Crippen LogP contribution in [0.4, 0.5) is 5.82 Å². The van der Waals surface area contributed by atoms with Gasteiger partial charge in [-0.15, -0.1) is 0 Å². The van der Waals surface area contributed by atoms with E-state index in [0.717, 1.165) is 16.7 Å². The molecule has 1 aromatic heterocycles. The summed E-state index contributed by atoms with van der Waals surface area (Å²) in [6.45, 7) is 0.416. The second-order valence-corrected chi connectivity index (χ2v) is 7.03. The van der Waals surface area contributed by atoms with Gasteiger partial charge >= 0.3 is 0 Å². The minimum atomic E-state index is -0.316. The van der Waals surface area contributed by atoms with Crippen LogP contribution in [0.3, 0.4) is 0 Å². The molecule has 1 heterocycles. The van der Waals surface area contributed by atoms with Gasteiger partial charge in [-0.1, -0.05) is 72.8 Å². The monoisotopic (exact) mass is 410 g/mol. The molecule has 154 valence electrons. The van der Waals surface area contributed by atoms with Crippen molar-refractivity contribution in [2.75, 3.05) is 11.9 Å². The normalized spacial score (nSPS) is 10.5. The lowest BCUT2D eigenvalue weighted by atomic mass is 10.0. The summed E-state index contributed by atoms with van der Waals surface area (Å²) in [5, 5.41) is 9.71. The van der Waals surface area contributed by atoms with E-state index in [1.54, 1.807) is 29.1 Å². The van der Waals surface area contributed by atoms with Crippen LogP contribution < -0.4 is 10.6 Å². The van der Waals surface area contributed by atoms with Gasteiger partial charge in [-0.2, -0.15) is 5.10 Å². The van der Waals surface area contributed by atoms with Crippen LogP contribution >= 0.6 is 0 Å². The molecule has 4 rings (SSSR count). The van der Waals surface area contributed by atoms with Gasteiger partial charge in [-0.25, -0.2) is 4.68 Å². The van der Waals surface area contributed by atoms with Crippen LogP contribution in [-0.4, -0.2) is 28.1 Å². The maximum absolute atomic E-state index is 12.4. The predicted octanol–water partition coefficient (Wildman–Crippen LogP) is 3.97. The first-order chi connectivity index (χ1) is 15.2. The van der Waals surface area contributed by atoms with Gasteiger partial charge in [-0.3, -0.25) is 9.59 Å². The number of aromatic nitrogens is 2. The summed E-state index contributed by atoms with van der Waals surface area (Å²) in [4.78, 5) is 24.7. The van der Waals surface area contributed by atoms with Crippen molar-refractivity contribution in [2.45, 2.75) is 6.54 Å². The molecular weight excluding hydrogens is 388 g/mol. The summed E-state index contributed by atoms with van der Waals surface area (Å²) in [7, 11) is 0. The molecule has 0 saturated carbocycles. The molecule has 6 nitrogen and oxygen atoms in total. The molecule has 31 heavy (non-hydrogen) atoms. The molecule has 0 atom stereocenters. The number of carbonyl (C=O) groups is 2. The van der Waals surface area contributed by atoms with Crippen LogP contribution in [0, 0.1) is 0 Å². The Morgan fingerprint density at radius 1 is 0.774 bits per heavy atom. The first kappa shape index (κ1) is 20.1. The summed E-state index contributed by atoms with van der Waals surface area (Å²) >= 11 is 0. The van der Waals surface area contributed by atoms with E-state index in [1.807, 2.05) is 72.8 Å². The van der Waals surface area contributed by atoms with Crippen LogP contribution in [0.5, 0.6) is 0 Å². The zero-order valence-corrected chi connectivity index (χ0v) is 16.9. The van der Waals surface area contributed by atoms with Crippen LogP contribution in [0.25, 0.3) is 11.1 Å². The number of nitrogens with zero attached hydrogens (tertiary/aromatic N) is 2. The van der Waals surface area contributed by atoms with Gasteiger partial charge in [0, 0.05) is 11.6 Å². The van der Waals surface area contributed by atoms with E-state index in [9.17, 15) is 9.59 Å². The zero-order valence-electron chi connectivity index (χ0n) is 16.9. The van der Waals surface area contributed by atoms with Crippen molar-refractivity contribution in [3.05, 3.63) is 108 Å². The van der Waals surface area contributed by atoms with E-state index >= 15 is 0 Å². The SMILES string of the molecule is O=C(CNC(=O)c1ccc(-c2ccccc2)cc1)Nc1ccnn1Cc1ccccc1. The highest BCUT2D eigenvalue weighted by Gasteiger charge is 2.11. The number of anilines is 1. The second kappa shape index (κ2) is 9.54. The summed E-state index contributed by atoms with van der Waals surface area (Å²) in [6, 6.07) is 28.8. The zero-order chi connectivity index (χ0) is 21.5. The van der Waals surface area contributed by atoms with Crippen molar-refractivity contribution in [1.82, 2.24) is 15.1 Å². The fraction of sp³-hybridized carbons (Fsp3) is 0.0800. The molecular formula is C25H22N4O2. The molecule has 2 N–H and O–H groups in total. The average molecular weight is 410 g/mol. The first-order valence-corrected chi connectivity index (χ1v) is 9.98. The Kier molecular flexibility index (Phi) is 6.18. The molecule has 6 heteroatoms. The highest BCUT2D eigenvalue weighted by atomic mass is 16.2. The van der Waals surface area contributed by atoms with Gasteiger partial charge in [0.1, 0.15) is 5.82 Å². The third-order valence-corrected chi connectivity index (χ3v) is 4.82. The van der Waals surface area contributed by atoms with Crippen molar-refractivity contribution in [1.29, 1.82) is 0 Å². The Bertz CT molecular complexity index is 1150. The molecule has 2 amide bonds. The Labute approximate surface area is 180 Å². The maximum Gasteiger partial charge on any atom is 0.251 e. The van der Waals surface area contributed by atoms with E-state index in [1.165, 1.54) is 0 Å². The molecule has 0 aliphatic rings. The molecule has 0 aliphatic carbocycles. The quantitative estimate of drug-likeness (QED) is 0.484. The molecule has 0 aliphatic heterocycles. The Morgan fingerprint density at radius 2 is 1.42 bits per heavy atom. The molecule has 0 saturated heterocycles. The fourth-order valence-electron chi connectivity index (χ4n) is 3.22. The summed E-state index contributed by atoms with van der Waals surface area (Å²) in [5.41, 5.74) is 3.69. The number of hydrogen-bond donors (Lipinski definition) is 2. The minimum Gasteiger partial charge on any atom is -0.343 e. The van der Waals surface area contributed by atoms with Crippen LogP contribution in [0.15, 0.2) is 97.2 Å². The number of amides is 2. The van der Waals surface area contributed by atoms with Gasteiger partial charge in [0.2, 0.25) is 5.91 Å². The summed E-state index contributed by atoms with van der Waals surface area (Å²) in [5.74, 6) is -0.0352. The van der Waals surface area contributed by atoms with Crippen LogP contribution in [-0.2, 0) is 11.3 Å². The summed E-state index contributed by atoms with van der Waals surface area (Å²) in [6.07, 6.45) is 1.63. The fourth-order valence-corrected chi connectivity index (χ4v) is 3.22. The third-order valence-electron chi connectivity index (χ3n) is 4.82. The standard InChI is InChI=1S/C25H22N4O2/c30-24(28-23-15-16-27-29(23)18-19-7-3-1-4-8-19)17-26-25(31)22-13-11-21(12-14-22)20-9-5-2-6-10-20/h1-16H,17-18H2,(H,26,31)(H,28,30). The van der Waals surface area contributed by atoms with Crippen molar-refractivity contribution in [2.24, 2.45) is 0 Å². The van der Waals surface area contributed by atoms with Gasteiger partial charge < -0.3 is 10.6 Å². The first-order valence-electron chi connectivity index (χ1n) is 9.98. The maximum atomic E-state index is 12.4. The predicted molar refractivity (Wildman–Crippen MR) is 121 cm³/mol. The highest BCUT2D eigenvalue weighted by molar-refractivity contribution is 5.99. The van der Waals surface area contributed by atoms with Crippen molar-refractivity contribution >= 4 is 17.6 Å². The number of carbonyl (C=O) groups excluding carboxylic acids is 2. The number of benzene rings is 3. The number of hydrogen-bond acceptors (Lipinski definition) is 3. The van der Waals surface area contributed by atoms with E-state index < -0.39 is 0 Å². The average Bonchev–Trinajstić information content (AvgIpc) is 3.25. The largest absolute Gasteiger partial charge is 0.343 e. The van der Waals surface area contributed by atoms with Crippen LogP contribution in [0.1, 0.15) is 15.9 Å². The molecule has 0 unspecified atom stereocenters. The Morgan fingerprint density at radius 3 is 2.13 bits per heavy atom. The second-order valence-electron chi connectivity index (χ2n) is 7.03. The number of nitrogens with one attached hydrogen (secondary N) is 2. The van der Waals surface area contributed by atoms with E-state index in [0.29, 0.717) is 17.9 Å².